The van der Waals surface area contributed by atoms with E-state index in [1.807, 2.05) is 13.8 Å². The topological polar surface area (TPSA) is 484 Å². The number of carbonyl (C=O) groups is 3. The second-order valence-electron chi connectivity index (χ2n) is 37.4. The van der Waals surface area contributed by atoms with Gasteiger partial charge in [0.25, 0.3) is 0 Å². The van der Waals surface area contributed by atoms with E-state index >= 15 is 4.79 Å². The van der Waals surface area contributed by atoms with E-state index in [-0.39, 0.29) is 75.6 Å². The second-order valence-corrected chi connectivity index (χ2v) is 37.4. The van der Waals surface area contributed by atoms with Gasteiger partial charge in [-0.25, -0.2) is 4.79 Å². The molecule has 4 aliphatic heterocycles. The lowest BCUT2D eigenvalue weighted by molar-refractivity contribution is -0.371. The van der Waals surface area contributed by atoms with Crippen LogP contribution in [-0.2, 0) is 80.7 Å². The maximum absolute atomic E-state index is 16.2. The Balaban J connectivity index is 0.840. The quantitative estimate of drug-likeness (QED) is 0.0199. The Morgan fingerprint density at radius 3 is 1.83 bits per heavy atom. The number of carboxylic acid groups (broad SMARTS) is 1. The van der Waals surface area contributed by atoms with Crippen molar-refractivity contribution in [1.82, 2.24) is 0 Å². The van der Waals surface area contributed by atoms with E-state index in [9.17, 15) is 86.2 Å². The van der Waals surface area contributed by atoms with E-state index in [1.54, 1.807) is 6.92 Å². The minimum absolute atomic E-state index is 0.0645. The number of fused-ring (bicyclic) bond motifs is 7. The lowest BCUT2D eigenvalue weighted by Gasteiger charge is -2.72. The van der Waals surface area contributed by atoms with E-state index in [1.165, 1.54) is 52.7 Å². The van der Waals surface area contributed by atoms with Crippen LogP contribution in [0.15, 0.2) is 11.6 Å². The van der Waals surface area contributed by atoms with Gasteiger partial charge in [0.2, 0.25) is 6.29 Å². The molecule has 10 fully saturated rings. The summed E-state index contributed by atoms with van der Waals surface area (Å²) in [7, 11) is 2.72. The smallest absolute Gasteiger partial charge is 0.335 e. The zero-order chi connectivity index (χ0) is 83.8. The van der Waals surface area contributed by atoms with Gasteiger partial charge in [-0.05, 0) is 129 Å². The summed E-state index contributed by atoms with van der Waals surface area (Å²) in [5.74, 6) is -5.52. The fourth-order valence-corrected chi connectivity index (χ4v) is 22.7. The van der Waals surface area contributed by atoms with Gasteiger partial charge in [-0.15, -0.1) is 0 Å². The molecule has 0 aromatic heterocycles. The Morgan fingerprint density at radius 2 is 1.18 bits per heavy atom. The van der Waals surface area contributed by atoms with Crippen LogP contribution in [0.2, 0.25) is 0 Å². The van der Waals surface area contributed by atoms with Crippen LogP contribution < -0.4 is 0 Å². The molecule has 0 radical (unpaired) electrons. The summed E-state index contributed by atoms with van der Waals surface area (Å²) in [6.45, 7) is 16.7. The normalized spacial score (nSPS) is 47.9. The zero-order valence-electron chi connectivity index (χ0n) is 69.1. The van der Waals surface area contributed by atoms with E-state index in [2.05, 4.69) is 47.6 Å². The number of carboxylic acids is 1. The van der Waals surface area contributed by atoms with Crippen LogP contribution in [0.4, 0.5) is 0 Å². The highest BCUT2D eigenvalue weighted by molar-refractivity contribution is 5.80. The van der Waals surface area contributed by atoms with E-state index in [0.717, 1.165) is 31.3 Å². The van der Waals surface area contributed by atoms with Crippen molar-refractivity contribution < 1.29 is 157 Å². The van der Waals surface area contributed by atoms with Gasteiger partial charge in [0.15, 0.2) is 25.0 Å². The molecule has 115 heavy (non-hydrogen) atoms. The Bertz CT molecular complexity index is 3190. The summed E-state index contributed by atoms with van der Waals surface area (Å²) in [6.07, 6.45) is -25.7. The Kier molecular flexibility index (Phi) is 31.1. The first-order valence-electron chi connectivity index (χ1n) is 42.6. The van der Waals surface area contributed by atoms with Crippen molar-refractivity contribution in [2.24, 2.45) is 62.1 Å². The molecule has 11 rings (SSSR count). The van der Waals surface area contributed by atoms with Crippen LogP contribution >= 0.6 is 0 Å². The number of aliphatic carboxylic acids is 1. The zero-order valence-corrected chi connectivity index (χ0v) is 69.1. The monoisotopic (exact) mass is 1650 g/mol. The van der Waals surface area contributed by atoms with Crippen molar-refractivity contribution in [2.45, 2.75) is 375 Å². The Hall–Kier alpha value is -2.89. The van der Waals surface area contributed by atoms with Crippen LogP contribution in [-0.4, -0.2) is 320 Å². The largest absolute Gasteiger partial charge is 0.479 e. The van der Waals surface area contributed by atoms with Crippen molar-refractivity contribution in [3.8, 4) is 0 Å². The van der Waals surface area contributed by atoms with Crippen LogP contribution in [0.5, 0.6) is 0 Å². The molecular formula is C83H138O32. The molecule has 0 spiro atoms. The molecule has 4 saturated heterocycles. The average Bonchev–Trinajstić information content (AvgIpc) is 0.669. The first-order chi connectivity index (χ1) is 54.4. The molecule has 22 unspecified atom stereocenters. The summed E-state index contributed by atoms with van der Waals surface area (Å²) in [5, 5.41) is 171. The number of aliphatic hydroxyl groups is 14. The number of allylic oxidation sites excluding steroid dienone is 2. The molecule has 7 aliphatic carbocycles. The van der Waals surface area contributed by atoms with Gasteiger partial charge in [0.05, 0.1) is 82.2 Å². The van der Waals surface area contributed by atoms with E-state index in [4.69, 9.17) is 66.3 Å². The highest BCUT2D eigenvalue weighted by Crippen LogP contribution is 2.76. The van der Waals surface area contributed by atoms with E-state index in [0.29, 0.717) is 38.5 Å². The lowest BCUT2D eigenvalue weighted by atomic mass is 9.33. The number of carbonyl (C=O) groups excluding carboxylic acids is 2. The fraction of sp³-hybridized carbons (Fsp3) is 0.940. The number of ether oxygens (including phenoxy) is 14. The molecular weight excluding hydrogens is 1510 g/mol. The number of unbranched alkanes of at least 4 members (excludes halogenated alkanes) is 9. The standard InChI is InChI=1S/C83H138O32/c1-12-13-14-15-16-17-18-19-20-21-31-104-54(89)26-32-105-65-42(3)108-75(70(61(65)96)109-48-33-41(2)64(67(103-11)58(48)93)112-74-63(98)66(102-10)47(87)39-107-74)115-77(101)83-30-29-78(4,5)35-45(83)44-22-23-51-79(6)27-25-53(80(7,40-85)50(79)24-28-81(51,8)82(44,9)36-52(83)88)111-76-71(110-49-34-43(37-84)55(90)59(94)57(49)92)68(62(97)69(114-76)72(99)100)113-73-60(95)56(91)46(86)38-106-73/h22,41-43,45-53,55-71,73-76,84-88,90-98H,12-21,23-40H2,1-11H3,(H,99,100)/t41?,42?,43?,45?,46-,47-,48+,49+,50?,51?,52?,53?,55-,56?,57?,58?,59?,60?,61?,62+,63?,64-,65-,66?,67?,68?,69?,70?,71?,73-,74-,75-,76+,79-,80?,81+,82+,83+/m0/s1. The third-order valence-electron chi connectivity index (χ3n) is 29.8. The Morgan fingerprint density at radius 1 is 0.548 bits per heavy atom. The van der Waals surface area contributed by atoms with Gasteiger partial charge in [-0.2, -0.15) is 0 Å². The highest BCUT2D eigenvalue weighted by atomic mass is 16.8. The molecule has 32 heteroatoms. The molecule has 4 heterocycles. The minimum Gasteiger partial charge on any atom is -0.479 e. The number of rotatable bonds is 32. The van der Waals surface area contributed by atoms with Crippen LogP contribution in [0.3, 0.4) is 0 Å². The van der Waals surface area contributed by atoms with E-state index < -0.39 is 254 Å². The second kappa shape index (κ2) is 38.5. The Labute approximate surface area is 675 Å². The maximum Gasteiger partial charge on any atom is 0.335 e. The molecule has 6 saturated carbocycles. The predicted molar refractivity (Wildman–Crippen MR) is 404 cm³/mol. The molecule has 32 nitrogen and oxygen atoms in total. The molecule has 38 atom stereocenters. The van der Waals surface area contributed by atoms with Crippen LogP contribution in [0.25, 0.3) is 0 Å². The highest BCUT2D eigenvalue weighted by Gasteiger charge is 2.73. The van der Waals surface area contributed by atoms with Gasteiger partial charge in [-0.1, -0.05) is 125 Å². The van der Waals surface area contributed by atoms with Crippen LogP contribution in [0, 0.1) is 62.1 Å². The summed E-state index contributed by atoms with van der Waals surface area (Å²) < 4.78 is 86.9. The molecule has 0 amide bonds. The number of methoxy groups -OCH3 is 2. The number of hydrogen-bond acceptors (Lipinski definition) is 31. The molecule has 15 N–H and O–H groups in total. The summed E-state index contributed by atoms with van der Waals surface area (Å²) in [6, 6.07) is 0. The molecule has 0 bridgehead atoms. The van der Waals surface area contributed by atoms with Gasteiger partial charge < -0.3 is 143 Å². The molecule has 0 aromatic carbocycles. The van der Waals surface area contributed by atoms with Crippen molar-refractivity contribution >= 4 is 17.9 Å². The predicted octanol–water partition coefficient (Wildman–Crippen LogP) is 2.50. The summed E-state index contributed by atoms with van der Waals surface area (Å²) >= 11 is 0. The third-order valence-corrected chi connectivity index (χ3v) is 29.8. The van der Waals surface area contributed by atoms with Crippen molar-refractivity contribution in [1.29, 1.82) is 0 Å². The van der Waals surface area contributed by atoms with Crippen molar-refractivity contribution in [2.75, 3.05) is 53.9 Å². The molecule has 0 aromatic rings. The molecule has 662 valence electrons. The van der Waals surface area contributed by atoms with Crippen molar-refractivity contribution in [3.63, 3.8) is 0 Å². The summed E-state index contributed by atoms with van der Waals surface area (Å²) in [5.41, 5.74) is -4.02. The number of aliphatic hydroxyl groups excluding tert-OH is 14. The van der Waals surface area contributed by atoms with Crippen LogP contribution in [0.1, 0.15) is 204 Å². The number of hydrogen-bond donors (Lipinski definition) is 15. The molecule has 11 aliphatic rings. The van der Waals surface area contributed by atoms with Gasteiger partial charge in [-0.3, -0.25) is 9.59 Å². The number of esters is 2. The van der Waals surface area contributed by atoms with Gasteiger partial charge in [0, 0.05) is 32.2 Å². The fourth-order valence-electron chi connectivity index (χ4n) is 22.7. The minimum atomic E-state index is -2.13. The lowest BCUT2D eigenvalue weighted by Crippen LogP contribution is -2.69. The van der Waals surface area contributed by atoms with Gasteiger partial charge >= 0.3 is 17.9 Å². The maximum atomic E-state index is 16.2. The van der Waals surface area contributed by atoms with Crippen molar-refractivity contribution in [3.05, 3.63) is 11.6 Å². The SMILES string of the molecule is CCCCCCCCCCCCOC(=O)CCO[C@H]1C(C)O[C@@H](OC(=O)[C@]23CCC(C)(C)CC2C2=CCC4[C@@]5(C)CCC(O[C@@H]6OC(C(=O)O)[C@H](O)C(O[C@@H]7OC[C@H](O)C(O)C7O)C6O[C@@H]6CC(CO)[C@H](O)C(O)C6O)C(C)(CO)C5CC[C@@]4(C)[C@]2(C)CC3O)C(O[C@@H]2CC(C)[C@H](O[C@@H]3OC[C@H](O)C(OC)C3O)C(OC)C2O)C1O. The summed E-state index contributed by atoms with van der Waals surface area (Å²) in [4.78, 5) is 42.5. The first kappa shape index (κ1) is 92.8. The third kappa shape index (κ3) is 18.4. The first-order valence-corrected chi connectivity index (χ1v) is 42.6. The average molecular weight is 1650 g/mol. The van der Waals surface area contributed by atoms with Gasteiger partial charge in [0.1, 0.15) is 103 Å².